The van der Waals surface area contributed by atoms with Crippen molar-refractivity contribution < 1.29 is 12.8 Å². The second-order valence-corrected chi connectivity index (χ2v) is 6.61. The largest absolute Gasteiger partial charge is 0.243 e. The monoisotopic (exact) mass is 279 g/mol. The zero-order valence-corrected chi connectivity index (χ0v) is 11.5. The van der Waals surface area contributed by atoms with Crippen LogP contribution in [0.15, 0.2) is 29.2 Å². The van der Waals surface area contributed by atoms with E-state index in [2.05, 4.69) is 0 Å². The van der Waals surface area contributed by atoms with E-state index in [1.165, 1.54) is 23.5 Å². The van der Waals surface area contributed by atoms with Crippen molar-refractivity contribution in [2.45, 2.75) is 24.3 Å². The SMILES string of the molecule is CN(C(C)(C)CCl)S(=O)(=O)c1ccc(F)cc1. The summed E-state index contributed by atoms with van der Waals surface area (Å²) in [6, 6.07) is 4.72. The van der Waals surface area contributed by atoms with Gasteiger partial charge in [0, 0.05) is 18.5 Å². The normalized spacial score (nSPS) is 13.1. The third-order valence-electron chi connectivity index (χ3n) is 2.65. The van der Waals surface area contributed by atoms with Crippen LogP contribution in [0.1, 0.15) is 13.8 Å². The number of halogens is 2. The predicted molar refractivity (Wildman–Crippen MR) is 66.1 cm³/mol. The molecule has 0 saturated heterocycles. The lowest BCUT2D eigenvalue weighted by Crippen LogP contribution is -2.46. The summed E-state index contributed by atoms with van der Waals surface area (Å²) in [7, 11) is -2.18. The lowest BCUT2D eigenvalue weighted by Gasteiger charge is -2.32. The Hall–Kier alpha value is -0.650. The van der Waals surface area contributed by atoms with E-state index in [-0.39, 0.29) is 10.8 Å². The van der Waals surface area contributed by atoms with Crippen LogP contribution in [0.2, 0.25) is 0 Å². The second-order valence-electron chi connectivity index (χ2n) is 4.37. The van der Waals surface area contributed by atoms with Crippen molar-refractivity contribution in [2.24, 2.45) is 0 Å². The minimum absolute atomic E-state index is 0.0552. The summed E-state index contributed by atoms with van der Waals surface area (Å²) in [5, 5.41) is 0. The molecule has 1 rings (SSSR count). The predicted octanol–water partition coefficient (Wildman–Crippen LogP) is 2.46. The summed E-state index contributed by atoms with van der Waals surface area (Å²) in [6.45, 7) is 3.45. The van der Waals surface area contributed by atoms with Crippen molar-refractivity contribution in [2.75, 3.05) is 12.9 Å². The molecule has 0 fully saturated rings. The van der Waals surface area contributed by atoms with E-state index in [1.807, 2.05) is 0 Å². The first-order chi connectivity index (χ1) is 7.71. The van der Waals surface area contributed by atoms with Crippen molar-refractivity contribution >= 4 is 21.6 Å². The number of sulfonamides is 1. The van der Waals surface area contributed by atoms with Crippen LogP contribution < -0.4 is 0 Å². The molecule has 0 heterocycles. The summed E-state index contributed by atoms with van der Waals surface area (Å²) >= 11 is 5.74. The summed E-state index contributed by atoms with van der Waals surface area (Å²) in [5.41, 5.74) is -0.700. The molecule has 0 amide bonds. The fourth-order valence-electron chi connectivity index (χ4n) is 1.17. The first-order valence-corrected chi connectivity index (χ1v) is 7.00. The van der Waals surface area contributed by atoms with Crippen molar-refractivity contribution in [1.82, 2.24) is 4.31 Å². The molecule has 0 aromatic heterocycles. The molecule has 0 spiro atoms. The van der Waals surface area contributed by atoms with Gasteiger partial charge in [-0.1, -0.05) is 0 Å². The van der Waals surface area contributed by atoms with Gasteiger partial charge in [-0.25, -0.2) is 12.8 Å². The van der Waals surface area contributed by atoms with Crippen LogP contribution in [0.4, 0.5) is 4.39 Å². The van der Waals surface area contributed by atoms with Crippen molar-refractivity contribution in [3.8, 4) is 0 Å². The summed E-state index contributed by atoms with van der Waals surface area (Å²) in [5.74, 6) is -0.299. The number of rotatable bonds is 4. The van der Waals surface area contributed by atoms with Gasteiger partial charge >= 0.3 is 0 Å². The van der Waals surface area contributed by atoms with Crippen LogP contribution in [0.25, 0.3) is 0 Å². The van der Waals surface area contributed by atoms with E-state index < -0.39 is 21.4 Å². The summed E-state index contributed by atoms with van der Waals surface area (Å²) in [6.07, 6.45) is 0. The molecule has 0 saturated carbocycles. The molecule has 1 aromatic rings. The molecule has 0 aliphatic heterocycles. The molecule has 0 aliphatic rings. The van der Waals surface area contributed by atoms with Gasteiger partial charge in [0.2, 0.25) is 10.0 Å². The Labute approximate surface area is 106 Å². The maximum absolute atomic E-state index is 12.7. The quantitative estimate of drug-likeness (QED) is 0.794. The molecule has 0 atom stereocenters. The maximum Gasteiger partial charge on any atom is 0.243 e. The van der Waals surface area contributed by atoms with Crippen LogP contribution in [-0.4, -0.2) is 31.2 Å². The van der Waals surface area contributed by atoms with Gasteiger partial charge in [0.05, 0.1) is 4.90 Å². The molecule has 6 heteroatoms. The Balaban J connectivity index is 3.16. The van der Waals surface area contributed by atoms with Gasteiger partial charge < -0.3 is 0 Å². The number of hydrogen-bond acceptors (Lipinski definition) is 2. The van der Waals surface area contributed by atoms with E-state index >= 15 is 0 Å². The minimum Gasteiger partial charge on any atom is -0.207 e. The molecule has 1 aromatic carbocycles. The molecule has 96 valence electrons. The summed E-state index contributed by atoms with van der Waals surface area (Å²) in [4.78, 5) is 0.0552. The minimum atomic E-state index is -3.64. The number of hydrogen-bond donors (Lipinski definition) is 0. The molecule has 0 bridgehead atoms. The number of alkyl halides is 1. The maximum atomic E-state index is 12.7. The van der Waals surface area contributed by atoms with Crippen LogP contribution >= 0.6 is 11.6 Å². The van der Waals surface area contributed by atoms with E-state index in [0.717, 1.165) is 12.1 Å². The lowest BCUT2D eigenvalue weighted by molar-refractivity contribution is 0.296. The standard InChI is InChI=1S/C11H15ClFNO2S/c1-11(2,8-12)14(3)17(15,16)10-6-4-9(13)5-7-10/h4-7H,8H2,1-3H3. The van der Waals surface area contributed by atoms with Crippen LogP contribution in [0, 0.1) is 5.82 Å². The van der Waals surface area contributed by atoms with E-state index in [0.29, 0.717) is 0 Å². The lowest BCUT2D eigenvalue weighted by atomic mass is 10.1. The molecule has 0 radical (unpaired) electrons. The Morgan fingerprint density at radius 3 is 2.18 bits per heavy atom. The molecular formula is C11H15ClFNO2S. The average molecular weight is 280 g/mol. The molecule has 0 N–H and O–H groups in total. The topological polar surface area (TPSA) is 37.4 Å². The van der Waals surface area contributed by atoms with E-state index in [4.69, 9.17) is 11.6 Å². The third-order valence-corrected chi connectivity index (χ3v) is 5.39. The fourth-order valence-corrected chi connectivity index (χ4v) is 2.94. The van der Waals surface area contributed by atoms with Crippen LogP contribution in [0.3, 0.4) is 0 Å². The van der Waals surface area contributed by atoms with E-state index in [1.54, 1.807) is 13.8 Å². The number of benzene rings is 1. The Kier molecular flexibility index (Phi) is 4.17. The van der Waals surface area contributed by atoms with Gasteiger partial charge in [-0.2, -0.15) is 4.31 Å². The molecule has 17 heavy (non-hydrogen) atoms. The highest BCUT2D eigenvalue weighted by Crippen LogP contribution is 2.23. The van der Waals surface area contributed by atoms with Crippen LogP contribution in [0.5, 0.6) is 0 Å². The molecule has 0 unspecified atom stereocenters. The van der Waals surface area contributed by atoms with Crippen molar-refractivity contribution in [3.05, 3.63) is 30.1 Å². The first kappa shape index (κ1) is 14.4. The zero-order chi connectivity index (χ0) is 13.3. The fraction of sp³-hybridized carbons (Fsp3) is 0.455. The highest BCUT2D eigenvalue weighted by Gasteiger charge is 2.33. The van der Waals surface area contributed by atoms with E-state index in [9.17, 15) is 12.8 Å². The zero-order valence-electron chi connectivity index (χ0n) is 9.94. The summed E-state index contributed by atoms with van der Waals surface area (Å²) < 4.78 is 38.3. The van der Waals surface area contributed by atoms with Gasteiger partial charge in [0.1, 0.15) is 5.82 Å². The Morgan fingerprint density at radius 2 is 1.76 bits per heavy atom. The van der Waals surface area contributed by atoms with Gasteiger partial charge in [-0.15, -0.1) is 11.6 Å². The van der Waals surface area contributed by atoms with Gasteiger partial charge in [0.15, 0.2) is 0 Å². The molecular weight excluding hydrogens is 265 g/mol. The van der Waals surface area contributed by atoms with Gasteiger partial charge in [-0.3, -0.25) is 0 Å². The first-order valence-electron chi connectivity index (χ1n) is 5.02. The van der Waals surface area contributed by atoms with Gasteiger partial charge in [0.25, 0.3) is 0 Å². The van der Waals surface area contributed by atoms with Gasteiger partial charge in [-0.05, 0) is 38.1 Å². The average Bonchev–Trinajstić information content (AvgIpc) is 2.28. The Morgan fingerprint density at radius 1 is 1.29 bits per heavy atom. The van der Waals surface area contributed by atoms with Crippen molar-refractivity contribution in [1.29, 1.82) is 0 Å². The molecule has 0 aliphatic carbocycles. The van der Waals surface area contributed by atoms with Crippen molar-refractivity contribution in [3.63, 3.8) is 0 Å². The smallest absolute Gasteiger partial charge is 0.207 e. The Bertz CT molecular complexity index is 485. The highest BCUT2D eigenvalue weighted by atomic mass is 35.5. The molecule has 3 nitrogen and oxygen atoms in total. The third kappa shape index (κ3) is 2.97. The number of nitrogens with zero attached hydrogens (tertiary/aromatic N) is 1. The second kappa shape index (κ2) is 4.92. The van der Waals surface area contributed by atoms with Crippen LogP contribution in [-0.2, 0) is 10.0 Å². The highest BCUT2D eigenvalue weighted by molar-refractivity contribution is 7.89.